The number of urea groups is 1. The third kappa shape index (κ3) is 7.44. The summed E-state index contributed by atoms with van der Waals surface area (Å²) in [6.07, 6.45) is 1.25. The van der Waals surface area contributed by atoms with E-state index in [1.165, 1.54) is 25.1 Å². The maximum atomic E-state index is 12.4. The molecule has 172 valence electrons. The van der Waals surface area contributed by atoms with E-state index in [2.05, 4.69) is 15.3 Å². The number of halogens is 3. The van der Waals surface area contributed by atoms with Crippen LogP contribution in [0.1, 0.15) is 31.2 Å². The largest absolute Gasteiger partial charge is 0.494 e. The second-order valence-electron chi connectivity index (χ2n) is 7.30. The molecule has 7 nitrogen and oxygen atoms in total. The van der Waals surface area contributed by atoms with E-state index in [0.29, 0.717) is 30.5 Å². The second kappa shape index (κ2) is 10.8. The number of hydrogen-bond donors (Lipinski definition) is 1. The Morgan fingerprint density at radius 2 is 2.00 bits per heavy atom. The summed E-state index contributed by atoms with van der Waals surface area (Å²) in [7, 11) is 1.49. The molecular formula is C22H25F3N4O3. The molecule has 1 aliphatic heterocycles. The first-order valence-corrected chi connectivity index (χ1v) is 10.2. The molecule has 0 bridgehead atoms. The average Bonchev–Trinajstić information content (AvgIpc) is 2.77. The van der Waals surface area contributed by atoms with Gasteiger partial charge in [0.15, 0.2) is 5.82 Å². The summed E-state index contributed by atoms with van der Waals surface area (Å²) in [5.41, 5.74) is 2.10. The van der Waals surface area contributed by atoms with Crippen molar-refractivity contribution in [3.05, 3.63) is 47.8 Å². The molecular weight excluding hydrogens is 425 g/mol. The van der Waals surface area contributed by atoms with Crippen LogP contribution in [0.15, 0.2) is 42.2 Å². The number of anilines is 1. The molecule has 32 heavy (non-hydrogen) atoms. The molecule has 0 unspecified atom stereocenters. The van der Waals surface area contributed by atoms with Crippen LogP contribution in [0.5, 0.6) is 11.6 Å². The lowest BCUT2D eigenvalue weighted by atomic mass is 10.0. The first-order valence-electron chi connectivity index (χ1n) is 10.2. The number of carbonyl (C=O) groups excluding carboxylic acids is 1. The van der Waals surface area contributed by atoms with Crippen LogP contribution < -0.4 is 14.8 Å². The fourth-order valence-electron chi connectivity index (χ4n) is 3.21. The summed E-state index contributed by atoms with van der Waals surface area (Å²) >= 11 is 0. The SMILES string of the molecule is COc1cnc(NC(=O)N2CCC(=Cc3cccc(OCCCC(F)(F)F)c3)CC2)cn1. The number of aromatic nitrogens is 2. The molecule has 10 heteroatoms. The number of piperidine rings is 1. The van der Waals surface area contributed by atoms with Gasteiger partial charge in [-0.2, -0.15) is 13.2 Å². The van der Waals surface area contributed by atoms with Crippen LogP contribution in [0.3, 0.4) is 0 Å². The smallest absolute Gasteiger partial charge is 0.389 e. The second-order valence-corrected chi connectivity index (χ2v) is 7.30. The maximum Gasteiger partial charge on any atom is 0.389 e. The van der Waals surface area contributed by atoms with Gasteiger partial charge in [0.2, 0.25) is 5.88 Å². The Morgan fingerprint density at radius 3 is 2.66 bits per heavy atom. The highest BCUT2D eigenvalue weighted by molar-refractivity contribution is 5.88. The van der Waals surface area contributed by atoms with E-state index < -0.39 is 12.6 Å². The summed E-state index contributed by atoms with van der Waals surface area (Å²) in [5.74, 6) is 1.26. The topological polar surface area (TPSA) is 76.6 Å². The Morgan fingerprint density at radius 1 is 1.22 bits per heavy atom. The minimum atomic E-state index is -4.16. The highest BCUT2D eigenvalue weighted by atomic mass is 19.4. The van der Waals surface area contributed by atoms with E-state index in [1.807, 2.05) is 24.3 Å². The lowest BCUT2D eigenvalue weighted by Crippen LogP contribution is -2.39. The maximum absolute atomic E-state index is 12.4. The molecule has 3 rings (SSSR count). The van der Waals surface area contributed by atoms with Gasteiger partial charge >= 0.3 is 12.2 Å². The van der Waals surface area contributed by atoms with Crippen LogP contribution in [0.25, 0.3) is 6.08 Å². The molecule has 1 fully saturated rings. The van der Waals surface area contributed by atoms with E-state index in [1.54, 1.807) is 11.0 Å². The van der Waals surface area contributed by atoms with E-state index in [0.717, 1.165) is 18.4 Å². The lowest BCUT2D eigenvalue weighted by molar-refractivity contribution is -0.136. The third-order valence-electron chi connectivity index (χ3n) is 4.87. The molecule has 1 N–H and O–H groups in total. The zero-order valence-corrected chi connectivity index (χ0v) is 17.7. The molecule has 1 aromatic carbocycles. The Balaban J connectivity index is 1.47. The van der Waals surface area contributed by atoms with Crippen LogP contribution in [0.2, 0.25) is 0 Å². The number of methoxy groups -OCH3 is 1. The van der Waals surface area contributed by atoms with Crippen LogP contribution in [0, 0.1) is 0 Å². The van der Waals surface area contributed by atoms with Gasteiger partial charge in [0, 0.05) is 19.5 Å². The van der Waals surface area contributed by atoms with Gasteiger partial charge in [-0.05, 0) is 37.0 Å². The van der Waals surface area contributed by atoms with E-state index in [9.17, 15) is 18.0 Å². The molecule has 0 saturated carbocycles. The zero-order valence-electron chi connectivity index (χ0n) is 17.7. The molecule has 0 aliphatic carbocycles. The predicted molar refractivity (Wildman–Crippen MR) is 114 cm³/mol. The van der Waals surface area contributed by atoms with Crippen molar-refractivity contribution in [3.8, 4) is 11.6 Å². The number of nitrogens with zero attached hydrogens (tertiary/aromatic N) is 3. The van der Waals surface area contributed by atoms with E-state index in [-0.39, 0.29) is 19.1 Å². The third-order valence-corrected chi connectivity index (χ3v) is 4.87. The fraction of sp³-hybridized carbons (Fsp3) is 0.409. The van der Waals surface area contributed by atoms with Gasteiger partial charge < -0.3 is 14.4 Å². The Labute approximate surface area is 184 Å². The van der Waals surface area contributed by atoms with E-state index in [4.69, 9.17) is 9.47 Å². The number of alkyl halides is 3. The molecule has 0 radical (unpaired) electrons. The van der Waals surface area contributed by atoms with Gasteiger partial charge in [-0.3, -0.25) is 5.32 Å². The number of hydrogen-bond acceptors (Lipinski definition) is 5. The normalized spacial score (nSPS) is 14.1. The summed E-state index contributed by atoms with van der Waals surface area (Å²) in [4.78, 5) is 22.2. The summed E-state index contributed by atoms with van der Waals surface area (Å²) in [6.45, 7) is 1.14. The first kappa shape index (κ1) is 23.4. The minimum absolute atomic E-state index is 0.0161. The first-order chi connectivity index (χ1) is 15.3. The molecule has 0 atom stereocenters. The van der Waals surface area contributed by atoms with Gasteiger partial charge in [0.05, 0.1) is 26.1 Å². The molecule has 2 aromatic rings. The van der Waals surface area contributed by atoms with Crippen molar-refractivity contribution >= 4 is 17.9 Å². The summed E-state index contributed by atoms with van der Waals surface area (Å²) in [6, 6.07) is 7.02. The quantitative estimate of drug-likeness (QED) is 0.606. The lowest BCUT2D eigenvalue weighted by Gasteiger charge is -2.28. The van der Waals surface area contributed by atoms with Crippen molar-refractivity contribution in [2.24, 2.45) is 0 Å². The van der Waals surface area contributed by atoms with E-state index >= 15 is 0 Å². The van der Waals surface area contributed by atoms with Crippen LogP contribution in [0.4, 0.5) is 23.8 Å². The van der Waals surface area contributed by atoms with Crippen LogP contribution in [-0.2, 0) is 0 Å². The Hall–Kier alpha value is -3.30. The van der Waals surface area contributed by atoms with Crippen LogP contribution >= 0.6 is 0 Å². The standard InChI is InChI=1S/C22H25F3N4O3/c1-31-20-15-26-19(14-27-20)28-21(30)29-9-6-16(7-10-29)12-17-4-2-5-18(13-17)32-11-3-8-22(23,24)25/h2,4-5,12-15H,3,6-11H2,1H3,(H,26,28,30). The van der Waals surface area contributed by atoms with Crippen molar-refractivity contribution in [2.75, 3.05) is 32.1 Å². The van der Waals surface area contributed by atoms with Crippen molar-refractivity contribution < 1.29 is 27.4 Å². The van der Waals surface area contributed by atoms with Crippen molar-refractivity contribution in [1.29, 1.82) is 0 Å². The van der Waals surface area contributed by atoms with Crippen LogP contribution in [-0.4, -0.2) is 53.9 Å². The Bertz CT molecular complexity index is 923. The number of benzene rings is 1. The number of likely N-dealkylation sites (tertiary alicyclic amines) is 1. The number of rotatable bonds is 7. The molecule has 0 spiro atoms. The fourth-order valence-corrected chi connectivity index (χ4v) is 3.21. The number of ether oxygens (including phenoxy) is 2. The van der Waals surface area contributed by atoms with Gasteiger partial charge in [-0.1, -0.05) is 23.8 Å². The highest BCUT2D eigenvalue weighted by Gasteiger charge is 2.26. The predicted octanol–water partition coefficient (Wildman–Crippen LogP) is 4.92. The highest BCUT2D eigenvalue weighted by Crippen LogP contribution is 2.24. The molecule has 2 heterocycles. The van der Waals surface area contributed by atoms with Gasteiger partial charge in [0.25, 0.3) is 0 Å². The number of nitrogens with one attached hydrogen (secondary N) is 1. The number of carbonyl (C=O) groups is 1. The summed E-state index contributed by atoms with van der Waals surface area (Å²) in [5, 5.41) is 2.72. The van der Waals surface area contributed by atoms with Crippen molar-refractivity contribution in [1.82, 2.24) is 14.9 Å². The van der Waals surface area contributed by atoms with Crippen molar-refractivity contribution in [3.63, 3.8) is 0 Å². The van der Waals surface area contributed by atoms with Gasteiger partial charge in [-0.25, -0.2) is 14.8 Å². The van der Waals surface area contributed by atoms with Gasteiger partial charge in [0.1, 0.15) is 5.75 Å². The Kier molecular flexibility index (Phi) is 7.91. The minimum Gasteiger partial charge on any atom is -0.494 e. The van der Waals surface area contributed by atoms with Gasteiger partial charge in [-0.15, -0.1) is 0 Å². The number of amides is 2. The molecule has 1 aromatic heterocycles. The monoisotopic (exact) mass is 450 g/mol. The zero-order chi connectivity index (χ0) is 23.0. The molecule has 2 amide bonds. The summed E-state index contributed by atoms with van der Waals surface area (Å²) < 4.78 is 47.0. The molecule has 1 aliphatic rings. The van der Waals surface area contributed by atoms with Crippen molar-refractivity contribution in [2.45, 2.75) is 31.9 Å². The average molecular weight is 450 g/mol. The molecule has 1 saturated heterocycles.